The summed E-state index contributed by atoms with van der Waals surface area (Å²) in [7, 11) is 0. The molecule has 3 aromatic rings. The summed E-state index contributed by atoms with van der Waals surface area (Å²) in [5.74, 6) is 1.16. The van der Waals surface area contributed by atoms with Gasteiger partial charge >= 0.3 is 5.97 Å². The van der Waals surface area contributed by atoms with E-state index in [0.717, 1.165) is 27.7 Å². The summed E-state index contributed by atoms with van der Waals surface area (Å²) < 4.78 is 7.63. The Morgan fingerprint density at radius 3 is 2.50 bits per heavy atom. The molecule has 0 radical (unpaired) electrons. The maximum Gasteiger partial charge on any atom is 0.308 e. The van der Waals surface area contributed by atoms with E-state index in [1.807, 2.05) is 45.9 Å². The molecule has 0 saturated carbocycles. The number of esters is 1. The van der Waals surface area contributed by atoms with E-state index < -0.39 is 11.6 Å². The lowest BCUT2D eigenvalue weighted by Gasteiger charge is -2.21. The van der Waals surface area contributed by atoms with Gasteiger partial charge in [0.05, 0.1) is 12.1 Å². The molecule has 0 spiro atoms. The summed E-state index contributed by atoms with van der Waals surface area (Å²) in [6.45, 7) is 11.8. The zero-order valence-electron chi connectivity index (χ0n) is 18.2. The lowest BCUT2D eigenvalue weighted by molar-refractivity contribution is -0.155. The molecule has 1 atom stereocenters. The highest BCUT2D eigenvalue weighted by atomic mass is 32.1. The van der Waals surface area contributed by atoms with E-state index in [-0.39, 0.29) is 12.4 Å². The third-order valence-electron chi connectivity index (χ3n) is 5.07. The Hall–Kier alpha value is -2.80. The first-order chi connectivity index (χ1) is 14.2. The third kappa shape index (κ3) is 3.69. The minimum Gasteiger partial charge on any atom is -0.460 e. The quantitative estimate of drug-likeness (QED) is 0.564. The maximum absolute atomic E-state index is 12.7. The number of hydrogen-bond acceptors (Lipinski definition) is 6. The van der Waals surface area contributed by atoms with Crippen molar-refractivity contribution >= 4 is 23.0 Å². The van der Waals surface area contributed by atoms with Crippen molar-refractivity contribution < 1.29 is 9.53 Å². The standard InChI is InChI=1S/C23H26N4O2S/c1-13-14(2)30-22-19(13)20(16-10-8-7-9-11-16)24-17(12-18(28)29-23(4,5)6)21-26-25-15(3)27(21)22/h7-11,17H,12H2,1-6H3. The summed E-state index contributed by atoms with van der Waals surface area (Å²) >= 11 is 1.71. The SMILES string of the molecule is Cc1sc2c(c1C)C(c1ccccc1)=NC(CC(=O)OC(C)(C)C)c1nnc(C)n1-2. The smallest absolute Gasteiger partial charge is 0.308 e. The number of thiophene rings is 1. The molecule has 2 aromatic heterocycles. The normalized spacial score (nSPS) is 15.8. The Bertz CT molecular complexity index is 1140. The Labute approximate surface area is 180 Å². The summed E-state index contributed by atoms with van der Waals surface area (Å²) in [4.78, 5) is 19.0. The lowest BCUT2D eigenvalue weighted by atomic mass is 10.00. The number of aryl methyl sites for hydroxylation is 2. The first-order valence-electron chi connectivity index (χ1n) is 10.0. The molecule has 4 rings (SSSR count). The largest absolute Gasteiger partial charge is 0.460 e. The molecule has 0 amide bonds. The minimum atomic E-state index is -0.552. The van der Waals surface area contributed by atoms with Crippen LogP contribution in [0.5, 0.6) is 0 Å². The minimum absolute atomic E-state index is 0.110. The lowest BCUT2D eigenvalue weighted by Crippen LogP contribution is -2.25. The molecule has 156 valence electrons. The summed E-state index contributed by atoms with van der Waals surface area (Å²) in [5, 5.41) is 9.78. The van der Waals surface area contributed by atoms with Gasteiger partial charge in [0.1, 0.15) is 22.5 Å². The molecule has 3 heterocycles. The van der Waals surface area contributed by atoms with Crippen LogP contribution >= 0.6 is 11.3 Å². The van der Waals surface area contributed by atoms with Gasteiger partial charge in [0.25, 0.3) is 0 Å². The van der Waals surface area contributed by atoms with Crippen molar-refractivity contribution in [2.24, 2.45) is 4.99 Å². The number of carbonyl (C=O) groups is 1. The monoisotopic (exact) mass is 422 g/mol. The molecule has 30 heavy (non-hydrogen) atoms. The van der Waals surface area contributed by atoms with Crippen LogP contribution in [0, 0.1) is 20.8 Å². The fraction of sp³-hybridized carbons (Fsp3) is 0.391. The molecule has 1 aromatic carbocycles. The van der Waals surface area contributed by atoms with E-state index >= 15 is 0 Å². The van der Waals surface area contributed by atoms with Gasteiger partial charge in [0.15, 0.2) is 5.82 Å². The van der Waals surface area contributed by atoms with E-state index in [2.05, 4.69) is 40.7 Å². The molecule has 0 saturated heterocycles. The van der Waals surface area contributed by atoms with Gasteiger partial charge < -0.3 is 4.74 Å². The molecule has 1 aliphatic heterocycles. The average molecular weight is 423 g/mol. The first-order valence-corrected chi connectivity index (χ1v) is 10.8. The predicted molar refractivity (Wildman–Crippen MR) is 119 cm³/mol. The zero-order chi connectivity index (χ0) is 21.6. The molecular formula is C23H26N4O2S. The molecule has 6 nitrogen and oxygen atoms in total. The molecule has 0 aliphatic carbocycles. The molecule has 0 bridgehead atoms. The van der Waals surface area contributed by atoms with Crippen LogP contribution in [0.25, 0.3) is 5.00 Å². The van der Waals surface area contributed by atoms with Crippen molar-refractivity contribution in [1.82, 2.24) is 14.8 Å². The van der Waals surface area contributed by atoms with Crippen LogP contribution in [0.2, 0.25) is 0 Å². The number of carbonyl (C=O) groups excluding carboxylic acids is 1. The number of rotatable bonds is 3. The van der Waals surface area contributed by atoms with Crippen LogP contribution < -0.4 is 0 Å². The Morgan fingerprint density at radius 1 is 1.13 bits per heavy atom. The van der Waals surface area contributed by atoms with Crippen molar-refractivity contribution in [2.75, 3.05) is 0 Å². The second kappa shape index (κ2) is 7.47. The van der Waals surface area contributed by atoms with Gasteiger partial charge in [-0.25, -0.2) is 0 Å². The van der Waals surface area contributed by atoms with Gasteiger partial charge in [-0.05, 0) is 47.1 Å². The van der Waals surface area contributed by atoms with Gasteiger partial charge in [0.2, 0.25) is 0 Å². The van der Waals surface area contributed by atoms with Crippen LogP contribution in [-0.2, 0) is 9.53 Å². The topological polar surface area (TPSA) is 69.4 Å². The third-order valence-corrected chi connectivity index (χ3v) is 6.26. The number of nitrogens with zero attached hydrogens (tertiary/aromatic N) is 4. The van der Waals surface area contributed by atoms with Gasteiger partial charge in [0, 0.05) is 16.0 Å². The van der Waals surface area contributed by atoms with Crippen molar-refractivity contribution in [2.45, 2.75) is 59.6 Å². The predicted octanol–water partition coefficient (Wildman–Crippen LogP) is 4.88. The van der Waals surface area contributed by atoms with Gasteiger partial charge in [-0.3, -0.25) is 14.4 Å². The van der Waals surface area contributed by atoms with Crippen LogP contribution in [-0.4, -0.2) is 32.0 Å². The number of benzene rings is 1. The summed E-state index contributed by atoms with van der Waals surface area (Å²) in [6.07, 6.45) is 0.110. The molecule has 1 unspecified atom stereocenters. The van der Waals surface area contributed by atoms with Crippen LogP contribution in [0.1, 0.15) is 66.5 Å². The molecule has 0 fully saturated rings. The Balaban J connectivity index is 1.91. The molecule has 1 aliphatic rings. The zero-order valence-corrected chi connectivity index (χ0v) is 19.0. The van der Waals surface area contributed by atoms with E-state index in [9.17, 15) is 4.79 Å². The van der Waals surface area contributed by atoms with E-state index in [0.29, 0.717) is 5.82 Å². The molecule has 7 heteroatoms. The number of fused-ring (bicyclic) bond motifs is 3. The number of aromatic nitrogens is 3. The summed E-state index contributed by atoms with van der Waals surface area (Å²) in [6, 6.07) is 9.63. The van der Waals surface area contributed by atoms with Crippen molar-refractivity contribution in [3.05, 3.63) is 63.5 Å². The maximum atomic E-state index is 12.7. The van der Waals surface area contributed by atoms with Crippen molar-refractivity contribution in [3.8, 4) is 5.00 Å². The van der Waals surface area contributed by atoms with E-state index in [1.54, 1.807) is 11.3 Å². The second-order valence-electron chi connectivity index (χ2n) is 8.55. The van der Waals surface area contributed by atoms with Crippen LogP contribution in [0.4, 0.5) is 0 Å². The van der Waals surface area contributed by atoms with Crippen LogP contribution in [0.15, 0.2) is 35.3 Å². The molecule has 0 N–H and O–H groups in total. The number of aliphatic imine (C=N–C) groups is 1. The average Bonchev–Trinajstić information content (AvgIpc) is 3.13. The van der Waals surface area contributed by atoms with E-state index in [1.165, 1.54) is 10.4 Å². The highest BCUT2D eigenvalue weighted by Gasteiger charge is 2.33. The first kappa shape index (κ1) is 20.5. The fourth-order valence-corrected chi connectivity index (χ4v) is 4.88. The van der Waals surface area contributed by atoms with Crippen LogP contribution in [0.3, 0.4) is 0 Å². The molecular weight excluding hydrogens is 396 g/mol. The van der Waals surface area contributed by atoms with E-state index in [4.69, 9.17) is 9.73 Å². The number of hydrogen-bond donors (Lipinski definition) is 0. The van der Waals surface area contributed by atoms with Crippen molar-refractivity contribution in [1.29, 1.82) is 0 Å². The Morgan fingerprint density at radius 2 is 1.83 bits per heavy atom. The Kier molecular flexibility index (Phi) is 5.10. The fourth-order valence-electron chi connectivity index (χ4n) is 3.66. The van der Waals surface area contributed by atoms with Gasteiger partial charge in [-0.1, -0.05) is 30.3 Å². The van der Waals surface area contributed by atoms with Crippen molar-refractivity contribution in [3.63, 3.8) is 0 Å². The van der Waals surface area contributed by atoms with Gasteiger partial charge in [-0.2, -0.15) is 0 Å². The second-order valence-corrected chi connectivity index (χ2v) is 9.76. The van der Waals surface area contributed by atoms with Gasteiger partial charge in [-0.15, -0.1) is 21.5 Å². The highest BCUT2D eigenvalue weighted by Crippen LogP contribution is 2.39. The number of ether oxygens (including phenoxy) is 1. The highest BCUT2D eigenvalue weighted by molar-refractivity contribution is 7.15. The summed E-state index contributed by atoms with van der Waals surface area (Å²) in [5.41, 5.74) is 3.62.